The highest BCUT2D eigenvalue weighted by atomic mass is 35.5. The van der Waals surface area contributed by atoms with Crippen LogP contribution < -0.4 is 10.3 Å². The summed E-state index contributed by atoms with van der Waals surface area (Å²) in [5.74, 6) is -0.458. The van der Waals surface area contributed by atoms with Crippen molar-refractivity contribution in [3.63, 3.8) is 0 Å². The van der Waals surface area contributed by atoms with Gasteiger partial charge in [-0.25, -0.2) is 0 Å². The molecule has 0 aliphatic carbocycles. The number of carbonyl (C=O) groups excluding carboxylic acids is 2. The van der Waals surface area contributed by atoms with Gasteiger partial charge in [-0.1, -0.05) is 29.8 Å². The molecule has 1 aromatic carbocycles. The first-order valence-electron chi connectivity index (χ1n) is 5.30. The number of benzene rings is 1. The van der Waals surface area contributed by atoms with Crippen molar-refractivity contribution in [1.82, 2.24) is 5.32 Å². The topological polar surface area (TPSA) is 61.8 Å². The van der Waals surface area contributed by atoms with Gasteiger partial charge in [0.05, 0.1) is 17.1 Å². The van der Waals surface area contributed by atoms with Crippen LogP contribution in [0.2, 0.25) is 10.0 Å². The molecule has 7 heteroatoms. The lowest BCUT2D eigenvalue weighted by atomic mass is 10.3. The van der Waals surface area contributed by atoms with E-state index in [-0.39, 0.29) is 18.2 Å². The molecule has 0 spiro atoms. The summed E-state index contributed by atoms with van der Waals surface area (Å²) in [4.78, 5) is 23.0. The zero-order valence-corrected chi connectivity index (χ0v) is 11.2. The highest BCUT2D eigenvalue weighted by Gasteiger charge is 2.27. The molecule has 1 aromatic rings. The summed E-state index contributed by atoms with van der Waals surface area (Å²) in [7, 11) is 0. The second kappa shape index (κ2) is 5.42. The first-order chi connectivity index (χ1) is 9.01. The lowest BCUT2D eigenvalue weighted by molar-refractivity contribution is -0.116. The molecule has 1 aliphatic rings. The maximum atomic E-state index is 11.8. The second-order valence-corrected chi connectivity index (χ2v) is 4.56. The summed E-state index contributed by atoms with van der Waals surface area (Å²) in [6.07, 6.45) is 1.10. The molecule has 19 heavy (non-hydrogen) atoms. The van der Waals surface area contributed by atoms with E-state index in [0.29, 0.717) is 15.7 Å². The Labute approximate surface area is 119 Å². The number of amides is 2. The summed E-state index contributed by atoms with van der Waals surface area (Å²) in [5, 5.41) is 8.37. The number of rotatable bonds is 2. The van der Waals surface area contributed by atoms with E-state index in [2.05, 4.69) is 17.0 Å². The highest BCUT2D eigenvalue weighted by molar-refractivity contribution is 6.37. The van der Waals surface area contributed by atoms with Gasteiger partial charge in [-0.05, 0) is 24.3 Å². The Bertz CT molecular complexity index is 599. The standard InChI is InChI=1S/C12H9Cl2N3O2/c1-2-11(18)15-10-6-12(19)17(16-10)9-4-3-7(13)5-8(9)14/h2-5H,1,6H2,(H,15,16,18). The summed E-state index contributed by atoms with van der Waals surface area (Å²) >= 11 is 11.8. The maximum absolute atomic E-state index is 11.8. The Morgan fingerprint density at radius 3 is 2.84 bits per heavy atom. The van der Waals surface area contributed by atoms with Crippen molar-refractivity contribution in [3.05, 3.63) is 40.9 Å². The van der Waals surface area contributed by atoms with Crippen LogP contribution in [0, 0.1) is 0 Å². The van der Waals surface area contributed by atoms with Gasteiger partial charge in [0, 0.05) is 5.02 Å². The second-order valence-electron chi connectivity index (χ2n) is 3.72. The van der Waals surface area contributed by atoms with E-state index in [1.54, 1.807) is 12.1 Å². The normalized spacial score (nSPS) is 14.3. The fourth-order valence-corrected chi connectivity index (χ4v) is 2.02. The quantitative estimate of drug-likeness (QED) is 0.852. The van der Waals surface area contributed by atoms with E-state index in [0.717, 1.165) is 11.1 Å². The number of anilines is 1. The molecule has 1 aliphatic heterocycles. The number of nitrogens with one attached hydrogen (secondary N) is 1. The van der Waals surface area contributed by atoms with Crippen molar-refractivity contribution in [3.8, 4) is 0 Å². The van der Waals surface area contributed by atoms with Gasteiger partial charge in [-0.2, -0.15) is 10.1 Å². The molecule has 2 rings (SSSR count). The van der Waals surface area contributed by atoms with Gasteiger partial charge < -0.3 is 5.32 Å². The summed E-state index contributed by atoms with van der Waals surface area (Å²) in [5.41, 5.74) is 0.416. The molecule has 0 bridgehead atoms. The van der Waals surface area contributed by atoms with Crippen molar-refractivity contribution < 1.29 is 9.59 Å². The molecule has 0 saturated carbocycles. The Kier molecular flexibility index (Phi) is 3.87. The molecule has 1 heterocycles. The van der Waals surface area contributed by atoms with Crippen LogP contribution in [0.5, 0.6) is 0 Å². The summed E-state index contributed by atoms with van der Waals surface area (Å²) in [6, 6.07) is 4.71. The largest absolute Gasteiger partial charge is 0.309 e. The number of carbonyl (C=O) groups is 2. The van der Waals surface area contributed by atoms with Crippen LogP contribution in [0.3, 0.4) is 0 Å². The van der Waals surface area contributed by atoms with Crippen molar-refractivity contribution in [2.45, 2.75) is 6.42 Å². The first-order valence-corrected chi connectivity index (χ1v) is 6.06. The molecule has 0 atom stereocenters. The van der Waals surface area contributed by atoms with Gasteiger partial charge in [-0.3, -0.25) is 9.59 Å². The zero-order chi connectivity index (χ0) is 14.0. The molecule has 0 unspecified atom stereocenters. The molecule has 0 aromatic heterocycles. The number of hydrazone groups is 1. The van der Waals surface area contributed by atoms with Crippen LogP contribution in [0.1, 0.15) is 6.42 Å². The van der Waals surface area contributed by atoms with Gasteiger partial charge in [-0.15, -0.1) is 0 Å². The average Bonchev–Trinajstić information content (AvgIpc) is 2.70. The minimum absolute atomic E-state index is 0.00145. The number of hydrogen-bond donors (Lipinski definition) is 1. The Morgan fingerprint density at radius 1 is 1.47 bits per heavy atom. The number of nitrogens with zero attached hydrogens (tertiary/aromatic N) is 2. The molecule has 98 valence electrons. The predicted molar refractivity (Wildman–Crippen MR) is 74.3 cm³/mol. The van der Waals surface area contributed by atoms with Gasteiger partial charge in [0.15, 0.2) is 0 Å². The van der Waals surface area contributed by atoms with Gasteiger partial charge in [0.1, 0.15) is 5.84 Å². The fraction of sp³-hybridized carbons (Fsp3) is 0.0833. The molecule has 0 saturated heterocycles. The minimum atomic E-state index is -0.421. The lowest BCUT2D eigenvalue weighted by Crippen LogP contribution is -2.27. The number of amidine groups is 1. The van der Waals surface area contributed by atoms with E-state index in [1.165, 1.54) is 6.07 Å². The average molecular weight is 298 g/mol. The number of halogens is 2. The maximum Gasteiger partial charge on any atom is 0.255 e. The summed E-state index contributed by atoms with van der Waals surface area (Å²) in [6.45, 7) is 3.32. The van der Waals surface area contributed by atoms with Crippen LogP contribution in [-0.2, 0) is 9.59 Å². The summed E-state index contributed by atoms with van der Waals surface area (Å²) < 4.78 is 0. The third kappa shape index (κ3) is 2.94. The third-order valence-corrected chi connectivity index (χ3v) is 2.90. The smallest absolute Gasteiger partial charge is 0.255 e. The highest BCUT2D eigenvalue weighted by Crippen LogP contribution is 2.31. The van der Waals surface area contributed by atoms with Crippen LogP contribution in [0.4, 0.5) is 5.69 Å². The van der Waals surface area contributed by atoms with Crippen LogP contribution in [0.25, 0.3) is 0 Å². The predicted octanol–water partition coefficient (Wildman–Crippen LogP) is 2.35. The zero-order valence-electron chi connectivity index (χ0n) is 9.69. The van der Waals surface area contributed by atoms with E-state index >= 15 is 0 Å². The van der Waals surface area contributed by atoms with Gasteiger partial charge in [0.2, 0.25) is 5.91 Å². The number of hydrogen-bond acceptors (Lipinski definition) is 3. The molecule has 0 fully saturated rings. The molecule has 2 amide bonds. The lowest BCUT2D eigenvalue weighted by Gasteiger charge is -2.13. The van der Waals surface area contributed by atoms with Crippen LogP contribution >= 0.6 is 23.2 Å². The fourth-order valence-electron chi connectivity index (χ4n) is 1.53. The monoisotopic (exact) mass is 297 g/mol. The Morgan fingerprint density at radius 2 is 2.21 bits per heavy atom. The van der Waals surface area contributed by atoms with Crippen molar-refractivity contribution in [2.24, 2.45) is 5.10 Å². The third-order valence-electron chi connectivity index (χ3n) is 2.37. The first kappa shape index (κ1) is 13.6. The van der Waals surface area contributed by atoms with E-state index in [4.69, 9.17) is 23.2 Å². The Balaban J connectivity index is 2.27. The van der Waals surface area contributed by atoms with Crippen molar-refractivity contribution >= 4 is 46.5 Å². The molecule has 1 N–H and O–H groups in total. The molecule has 0 radical (unpaired) electrons. The van der Waals surface area contributed by atoms with E-state index < -0.39 is 5.91 Å². The van der Waals surface area contributed by atoms with Gasteiger partial charge >= 0.3 is 0 Å². The van der Waals surface area contributed by atoms with Crippen LogP contribution in [-0.4, -0.2) is 17.6 Å². The SMILES string of the molecule is C=CC(=O)NC1=NN(c2ccc(Cl)cc2Cl)C(=O)C1. The molecular formula is C12H9Cl2N3O2. The van der Waals surface area contributed by atoms with Crippen LogP contribution in [0.15, 0.2) is 36.0 Å². The Hall–Kier alpha value is -1.85. The van der Waals surface area contributed by atoms with Crippen molar-refractivity contribution in [1.29, 1.82) is 0 Å². The van der Waals surface area contributed by atoms with E-state index in [9.17, 15) is 9.59 Å². The minimum Gasteiger partial charge on any atom is -0.309 e. The van der Waals surface area contributed by atoms with E-state index in [1.807, 2.05) is 0 Å². The van der Waals surface area contributed by atoms with Crippen molar-refractivity contribution in [2.75, 3.05) is 5.01 Å². The molecular weight excluding hydrogens is 289 g/mol. The molecule has 5 nitrogen and oxygen atoms in total. The van der Waals surface area contributed by atoms with Gasteiger partial charge in [0.25, 0.3) is 5.91 Å².